The maximum Gasteiger partial charge on any atom is 0.243 e. The highest BCUT2D eigenvalue weighted by molar-refractivity contribution is 7.98. The minimum Gasteiger partial charge on any atom is -0.299 e. The van der Waals surface area contributed by atoms with Crippen LogP contribution in [0, 0.1) is 5.92 Å². The van der Waals surface area contributed by atoms with Crippen molar-refractivity contribution in [1.29, 1.82) is 0 Å². The van der Waals surface area contributed by atoms with E-state index in [2.05, 4.69) is 26.7 Å². The number of amides is 1. The molecule has 0 unspecified atom stereocenters. The fourth-order valence-corrected chi connectivity index (χ4v) is 3.60. The number of carbonyl (C=O) groups excluding carboxylic acids is 1. The first-order valence-corrected chi connectivity index (χ1v) is 8.78. The number of hydrogen-bond acceptors (Lipinski definition) is 6. The zero-order chi connectivity index (χ0) is 13.7. The van der Waals surface area contributed by atoms with E-state index in [4.69, 9.17) is 0 Å². The van der Waals surface area contributed by atoms with Crippen molar-refractivity contribution in [3.63, 3.8) is 0 Å². The second kappa shape index (κ2) is 7.21. The van der Waals surface area contributed by atoms with Gasteiger partial charge in [-0.1, -0.05) is 11.3 Å². The Bertz CT molecular complexity index is 390. The molecular weight excluding hydrogens is 280 g/mol. The van der Waals surface area contributed by atoms with E-state index in [1.165, 1.54) is 29.9 Å². The fraction of sp³-hybridized carbons (Fsp3) is 0.750. The van der Waals surface area contributed by atoms with Gasteiger partial charge in [-0.15, -0.1) is 10.2 Å². The minimum atomic E-state index is -0.0980. The normalized spacial score (nSPS) is 19.3. The minimum absolute atomic E-state index is 0.0140. The molecule has 0 bridgehead atoms. The van der Waals surface area contributed by atoms with E-state index in [-0.39, 0.29) is 11.9 Å². The standard InChI is InChI=1S/C12H20N4OS2/c1-9(11(17)14-12-15-13-8-19-12)16-5-3-10(4-6-16)7-18-2/h8-10H,3-7H2,1-2H3,(H,14,15,17)/t9-/m1/s1. The van der Waals surface area contributed by atoms with Crippen molar-refractivity contribution in [2.45, 2.75) is 25.8 Å². The Labute approximate surface area is 122 Å². The highest BCUT2D eigenvalue weighted by Gasteiger charge is 2.26. The highest BCUT2D eigenvalue weighted by atomic mass is 32.2. The third-order valence-electron chi connectivity index (χ3n) is 3.57. The van der Waals surface area contributed by atoms with Crippen molar-refractivity contribution < 1.29 is 4.79 Å². The van der Waals surface area contributed by atoms with Gasteiger partial charge in [-0.3, -0.25) is 15.0 Å². The van der Waals surface area contributed by atoms with Crippen LogP contribution in [-0.4, -0.2) is 52.1 Å². The molecule has 0 aliphatic carbocycles. The van der Waals surface area contributed by atoms with Gasteiger partial charge in [-0.2, -0.15) is 11.8 Å². The van der Waals surface area contributed by atoms with Gasteiger partial charge in [0.05, 0.1) is 6.04 Å². The number of hydrogen-bond donors (Lipinski definition) is 1. The first kappa shape index (κ1) is 14.7. The van der Waals surface area contributed by atoms with E-state index in [1.807, 2.05) is 18.7 Å². The molecule has 1 aromatic rings. The maximum atomic E-state index is 12.1. The molecule has 7 heteroatoms. The van der Waals surface area contributed by atoms with E-state index >= 15 is 0 Å². The average molecular weight is 300 g/mol. The number of carbonyl (C=O) groups is 1. The monoisotopic (exact) mass is 300 g/mol. The van der Waals surface area contributed by atoms with Crippen LogP contribution in [0.1, 0.15) is 19.8 Å². The van der Waals surface area contributed by atoms with E-state index < -0.39 is 0 Å². The molecule has 1 N–H and O–H groups in total. The Hall–Kier alpha value is -0.660. The Morgan fingerprint density at radius 3 is 2.95 bits per heavy atom. The number of aromatic nitrogens is 2. The van der Waals surface area contributed by atoms with Crippen molar-refractivity contribution in [3.05, 3.63) is 5.51 Å². The predicted molar refractivity (Wildman–Crippen MR) is 80.7 cm³/mol. The van der Waals surface area contributed by atoms with Crippen LogP contribution in [0.15, 0.2) is 5.51 Å². The van der Waals surface area contributed by atoms with Gasteiger partial charge in [0, 0.05) is 0 Å². The molecule has 0 spiro atoms. The molecule has 1 aromatic heterocycles. The number of likely N-dealkylation sites (tertiary alicyclic amines) is 1. The van der Waals surface area contributed by atoms with Crippen LogP contribution < -0.4 is 5.32 Å². The van der Waals surface area contributed by atoms with Gasteiger partial charge in [-0.25, -0.2) is 0 Å². The lowest BCUT2D eigenvalue weighted by molar-refractivity contribution is -0.121. The summed E-state index contributed by atoms with van der Waals surface area (Å²) >= 11 is 3.26. The maximum absolute atomic E-state index is 12.1. The summed E-state index contributed by atoms with van der Waals surface area (Å²) in [5.74, 6) is 2.06. The Morgan fingerprint density at radius 2 is 2.37 bits per heavy atom. The molecule has 0 saturated carbocycles. The van der Waals surface area contributed by atoms with Crippen molar-refractivity contribution in [1.82, 2.24) is 15.1 Å². The van der Waals surface area contributed by atoms with Crippen molar-refractivity contribution in [2.24, 2.45) is 5.92 Å². The number of thioether (sulfide) groups is 1. The summed E-state index contributed by atoms with van der Waals surface area (Å²) in [6.45, 7) is 3.98. The van der Waals surface area contributed by atoms with E-state index in [9.17, 15) is 4.79 Å². The first-order valence-electron chi connectivity index (χ1n) is 6.50. The molecule has 1 saturated heterocycles. The Kier molecular flexibility index (Phi) is 5.59. The summed E-state index contributed by atoms with van der Waals surface area (Å²) in [6.07, 6.45) is 4.54. The van der Waals surface area contributed by atoms with Gasteiger partial charge in [0.2, 0.25) is 11.0 Å². The van der Waals surface area contributed by atoms with Crippen molar-refractivity contribution in [3.8, 4) is 0 Å². The fourth-order valence-electron chi connectivity index (χ4n) is 2.35. The summed E-state index contributed by atoms with van der Waals surface area (Å²) in [6, 6.07) is -0.0980. The third kappa shape index (κ3) is 4.15. The SMILES string of the molecule is CSCC1CCN([C@H](C)C(=O)Nc2nncs2)CC1. The van der Waals surface area contributed by atoms with Crippen molar-refractivity contribution in [2.75, 3.05) is 30.4 Å². The predicted octanol–water partition coefficient (Wildman–Crippen LogP) is 1.94. The van der Waals surface area contributed by atoms with Crippen molar-refractivity contribution >= 4 is 34.1 Å². The van der Waals surface area contributed by atoms with Crippen LogP contribution in [0.3, 0.4) is 0 Å². The quantitative estimate of drug-likeness (QED) is 0.900. The summed E-state index contributed by atoms with van der Waals surface area (Å²) in [5.41, 5.74) is 1.62. The van der Waals surface area contributed by atoms with Gasteiger partial charge in [0.25, 0.3) is 0 Å². The van der Waals surface area contributed by atoms with Gasteiger partial charge in [-0.05, 0) is 50.8 Å². The molecule has 1 atom stereocenters. The number of nitrogens with zero attached hydrogens (tertiary/aromatic N) is 3. The van der Waals surface area contributed by atoms with E-state index in [0.29, 0.717) is 5.13 Å². The van der Waals surface area contributed by atoms with Gasteiger partial charge < -0.3 is 0 Å². The summed E-state index contributed by atoms with van der Waals surface area (Å²) < 4.78 is 0. The number of anilines is 1. The number of piperidine rings is 1. The average Bonchev–Trinajstić information content (AvgIpc) is 2.92. The molecule has 2 rings (SSSR count). The highest BCUT2D eigenvalue weighted by Crippen LogP contribution is 2.22. The molecule has 1 aliphatic rings. The summed E-state index contributed by atoms with van der Waals surface area (Å²) in [4.78, 5) is 14.4. The molecular formula is C12H20N4OS2. The zero-order valence-electron chi connectivity index (χ0n) is 11.3. The molecule has 19 heavy (non-hydrogen) atoms. The molecule has 106 valence electrons. The zero-order valence-corrected chi connectivity index (χ0v) is 13.0. The summed E-state index contributed by atoms with van der Waals surface area (Å²) in [5, 5.41) is 10.9. The largest absolute Gasteiger partial charge is 0.299 e. The number of nitrogens with one attached hydrogen (secondary N) is 1. The lowest BCUT2D eigenvalue weighted by Crippen LogP contribution is -2.46. The third-order valence-corrected chi connectivity index (χ3v) is 4.98. The van der Waals surface area contributed by atoms with Crippen LogP contribution in [0.5, 0.6) is 0 Å². The van der Waals surface area contributed by atoms with Crippen LogP contribution in [0.4, 0.5) is 5.13 Å². The van der Waals surface area contributed by atoms with Crippen LogP contribution >= 0.6 is 23.1 Å². The Morgan fingerprint density at radius 1 is 1.63 bits per heavy atom. The molecule has 2 heterocycles. The van der Waals surface area contributed by atoms with Crippen LogP contribution in [0.25, 0.3) is 0 Å². The second-order valence-corrected chi connectivity index (χ2v) is 6.59. The lowest BCUT2D eigenvalue weighted by Gasteiger charge is -2.34. The molecule has 5 nitrogen and oxygen atoms in total. The number of rotatable bonds is 5. The summed E-state index contributed by atoms with van der Waals surface area (Å²) in [7, 11) is 0. The lowest BCUT2D eigenvalue weighted by atomic mass is 9.98. The smallest absolute Gasteiger partial charge is 0.243 e. The molecule has 1 fully saturated rings. The van der Waals surface area contributed by atoms with Crippen LogP contribution in [0.2, 0.25) is 0 Å². The second-order valence-electron chi connectivity index (χ2n) is 4.84. The van der Waals surface area contributed by atoms with Gasteiger partial charge >= 0.3 is 0 Å². The van der Waals surface area contributed by atoms with Gasteiger partial charge in [0.15, 0.2) is 0 Å². The topological polar surface area (TPSA) is 58.1 Å². The van der Waals surface area contributed by atoms with E-state index in [1.54, 1.807) is 5.51 Å². The Balaban J connectivity index is 1.80. The molecule has 1 aliphatic heterocycles. The van der Waals surface area contributed by atoms with Gasteiger partial charge in [0.1, 0.15) is 5.51 Å². The van der Waals surface area contributed by atoms with Crippen LogP contribution in [-0.2, 0) is 4.79 Å². The first-order chi connectivity index (χ1) is 9.20. The molecule has 1 amide bonds. The van der Waals surface area contributed by atoms with E-state index in [0.717, 1.165) is 19.0 Å². The molecule has 0 radical (unpaired) electrons. The molecule has 0 aromatic carbocycles.